The van der Waals surface area contributed by atoms with E-state index in [0.29, 0.717) is 25.3 Å². The molecule has 1 saturated heterocycles. The number of carbonyl (C=O) groups is 1. The van der Waals surface area contributed by atoms with Gasteiger partial charge in [0.15, 0.2) is 0 Å². The van der Waals surface area contributed by atoms with E-state index < -0.39 is 5.97 Å². The molecule has 4 nitrogen and oxygen atoms in total. The van der Waals surface area contributed by atoms with Gasteiger partial charge in [0.1, 0.15) is 24.2 Å². The molecule has 6 heteroatoms. The van der Waals surface area contributed by atoms with Crippen molar-refractivity contribution in [2.75, 3.05) is 19.7 Å². The largest absolute Gasteiger partial charge is 0.492 e. The number of halogens is 2. The molecule has 1 atom stereocenters. The zero-order valence-electron chi connectivity index (χ0n) is 10.4. The van der Waals surface area contributed by atoms with Crippen LogP contribution in [0.25, 0.3) is 0 Å². The summed E-state index contributed by atoms with van der Waals surface area (Å²) in [4.78, 5) is 12.9. The van der Waals surface area contributed by atoms with Gasteiger partial charge < -0.3 is 9.84 Å². The molecule has 0 unspecified atom stereocenters. The van der Waals surface area contributed by atoms with Crippen molar-refractivity contribution < 1.29 is 19.0 Å². The normalized spacial score (nSPS) is 18.9. The van der Waals surface area contributed by atoms with Gasteiger partial charge in [-0.1, -0.05) is 0 Å². The molecule has 0 spiro atoms. The predicted octanol–water partition coefficient (Wildman–Crippen LogP) is 2.18. The summed E-state index contributed by atoms with van der Waals surface area (Å²) in [6.07, 6.45) is 1.61. The number of rotatable bonds is 5. The van der Waals surface area contributed by atoms with Gasteiger partial charge in [-0.05, 0) is 43.7 Å². The van der Waals surface area contributed by atoms with Crippen molar-refractivity contribution in [3.8, 4) is 5.75 Å². The van der Waals surface area contributed by atoms with E-state index in [1.165, 1.54) is 12.1 Å². The summed E-state index contributed by atoms with van der Waals surface area (Å²) in [5.41, 5.74) is 0. The van der Waals surface area contributed by atoms with E-state index in [4.69, 9.17) is 9.84 Å². The van der Waals surface area contributed by atoms with Gasteiger partial charge in [0.2, 0.25) is 0 Å². The fraction of sp³-hybridized carbons (Fsp3) is 0.462. The summed E-state index contributed by atoms with van der Waals surface area (Å²) >= 11 is 0. The summed E-state index contributed by atoms with van der Waals surface area (Å²) < 4.78 is 18.1. The summed E-state index contributed by atoms with van der Waals surface area (Å²) in [7, 11) is 0. The van der Waals surface area contributed by atoms with Crippen LogP contribution in [-0.2, 0) is 4.79 Å². The number of hydrogen-bond donors (Lipinski definition) is 1. The first-order chi connectivity index (χ1) is 8.66. The Labute approximate surface area is 117 Å². The van der Waals surface area contributed by atoms with Crippen LogP contribution in [0.1, 0.15) is 12.8 Å². The maximum atomic E-state index is 12.7. The van der Waals surface area contributed by atoms with Crippen molar-refractivity contribution in [1.82, 2.24) is 4.90 Å². The Kier molecular flexibility index (Phi) is 6.05. The summed E-state index contributed by atoms with van der Waals surface area (Å²) in [5, 5.41) is 9.01. The van der Waals surface area contributed by atoms with E-state index in [-0.39, 0.29) is 24.3 Å². The van der Waals surface area contributed by atoms with E-state index >= 15 is 0 Å². The van der Waals surface area contributed by atoms with Crippen LogP contribution in [0, 0.1) is 5.82 Å². The molecule has 0 aliphatic carbocycles. The van der Waals surface area contributed by atoms with Crippen LogP contribution >= 0.6 is 12.4 Å². The lowest BCUT2D eigenvalue weighted by Crippen LogP contribution is -2.38. The van der Waals surface area contributed by atoms with E-state index in [9.17, 15) is 9.18 Å². The molecule has 19 heavy (non-hydrogen) atoms. The highest BCUT2D eigenvalue weighted by Crippen LogP contribution is 2.17. The van der Waals surface area contributed by atoms with Gasteiger partial charge >= 0.3 is 5.97 Å². The molecule has 0 amide bonds. The SMILES string of the molecule is Cl.O=C(O)[C@H]1CCCN1CCOc1ccc(F)cc1. The molecule has 2 rings (SSSR count). The third-order valence-electron chi connectivity index (χ3n) is 3.11. The Morgan fingerprint density at radius 1 is 1.42 bits per heavy atom. The van der Waals surface area contributed by atoms with Crippen molar-refractivity contribution in [3.05, 3.63) is 30.1 Å². The second-order valence-electron chi connectivity index (χ2n) is 4.33. The van der Waals surface area contributed by atoms with Crippen molar-refractivity contribution in [2.45, 2.75) is 18.9 Å². The third-order valence-corrected chi connectivity index (χ3v) is 3.11. The standard InChI is InChI=1S/C13H16FNO3.ClH/c14-10-3-5-11(6-4-10)18-9-8-15-7-1-2-12(15)13(16)17;/h3-6,12H,1-2,7-9H2,(H,16,17);1H/t12-;/m1./s1. The lowest BCUT2D eigenvalue weighted by Gasteiger charge is -2.20. The van der Waals surface area contributed by atoms with E-state index in [0.717, 1.165) is 13.0 Å². The molecule has 1 aliphatic rings. The lowest BCUT2D eigenvalue weighted by atomic mass is 10.2. The monoisotopic (exact) mass is 289 g/mol. The highest BCUT2D eigenvalue weighted by molar-refractivity contribution is 5.85. The number of likely N-dealkylation sites (tertiary alicyclic amines) is 1. The van der Waals surface area contributed by atoms with E-state index in [1.807, 2.05) is 4.90 Å². The lowest BCUT2D eigenvalue weighted by molar-refractivity contribution is -0.142. The number of benzene rings is 1. The minimum atomic E-state index is -0.769. The maximum Gasteiger partial charge on any atom is 0.320 e. The second kappa shape index (κ2) is 7.31. The van der Waals surface area contributed by atoms with Crippen molar-refractivity contribution in [1.29, 1.82) is 0 Å². The smallest absolute Gasteiger partial charge is 0.320 e. The molecular formula is C13H17ClFNO3. The van der Waals surface area contributed by atoms with Crippen LogP contribution in [0.2, 0.25) is 0 Å². The molecule has 0 bridgehead atoms. The fourth-order valence-electron chi connectivity index (χ4n) is 2.19. The first-order valence-corrected chi connectivity index (χ1v) is 6.02. The summed E-state index contributed by atoms with van der Waals surface area (Å²) in [6, 6.07) is 5.42. The maximum absolute atomic E-state index is 12.7. The minimum Gasteiger partial charge on any atom is -0.492 e. The highest BCUT2D eigenvalue weighted by atomic mass is 35.5. The number of hydrogen-bond acceptors (Lipinski definition) is 3. The van der Waals surface area contributed by atoms with Crippen LogP contribution in [0.15, 0.2) is 24.3 Å². The number of aliphatic carboxylic acids is 1. The average Bonchev–Trinajstić information content (AvgIpc) is 2.80. The van der Waals surface area contributed by atoms with Gasteiger partial charge in [-0.2, -0.15) is 0 Å². The summed E-state index contributed by atoms with van der Waals surface area (Å²) in [5.74, 6) is -0.468. The van der Waals surface area contributed by atoms with Gasteiger partial charge in [0.25, 0.3) is 0 Å². The molecule has 1 aliphatic heterocycles. The van der Waals surface area contributed by atoms with Crippen LogP contribution in [0.4, 0.5) is 4.39 Å². The van der Waals surface area contributed by atoms with Crippen molar-refractivity contribution in [2.24, 2.45) is 0 Å². The van der Waals surface area contributed by atoms with Gasteiger partial charge in [0, 0.05) is 6.54 Å². The topological polar surface area (TPSA) is 49.8 Å². The van der Waals surface area contributed by atoms with E-state index in [1.54, 1.807) is 12.1 Å². The molecule has 0 radical (unpaired) electrons. The molecule has 106 valence electrons. The van der Waals surface area contributed by atoms with E-state index in [2.05, 4.69) is 0 Å². The van der Waals surface area contributed by atoms with Crippen LogP contribution in [0.3, 0.4) is 0 Å². The Morgan fingerprint density at radius 2 is 2.11 bits per heavy atom. The minimum absolute atomic E-state index is 0. The Morgan fingerprint density at radius 3 is 2.74 bits per heavy atom. The van der Waals surface area contributed by atoms with Gasteiger partial charge in [-0.25, -0.2) is 4.39 Å². The number of nitrogens with zero attached hydrogens (tertiary/aromatic N) is 1. The number of carboxylic acids is 1. The van der Waals surface area contributed by atoms with Crippen LogP contribution in [0.5, 0.6) is 5.75 Å². The van der Waals surface area contributed by atoms with Gasteiger partial charge in [-0.3, -0.25) is 9.69 Å². The quantitative estimate of drug-likeness (QED) is 0.903. The highest BCUT2D eigenvalue weighted by Gasteiger charge is 2.29. The molecule has 1 aromatic carbocycles. The fourth-order valence-corrected chi connectivity index (χ4v) is 2.19. The third kappa shape index (κ3) is 4.36. The molecule has 1 N–H and O–H groups in total. The molecule has 1 heterocycles. The van der Waals surface area contributed by atoms with Gasteiger partial charge in [0.05, 0.1) is 0 Å². The average molecular weight is 290 g/mol. The zero-order chi connectivity index (χ0) is 13.0. The first-order valence-electron chi connectivity index (χ1n) is 6.02. The van der Waals surface area contributed by atoms with Crippen molar-refractivity contribution in [3.63, 3.8) is 0 Å². The van der Waals surface area contributed by atoms with Crippen LogP contribution in [-0.4, -0.2) is 41.7 Å². The Balaban J connectivity index is 0.00000180. The Hall–Kier alpha value is -1.33. The predicted molar refractivity (Wildman–Crippen MR) is 71.4 cm³/mol. The molecule has 0 saturated carbocycles. The molecule has 1 fully saturated rings. The van der Waals surface area contributed by atoms with Crippen LogP contribution < -0.4 is 4.74 Å². The zero-order valence-corrected chi connectivity index (χ0v) is 11.2. The Bertz CT molecular complexity index is 413. The molecular weight excluding hydrogens is 273 g/mol. The van der Waals surface area contributed by atoms with Gasteiger partial charge in [-0.15, -0.1) is 12.4 Å². The van der Waals surface area contributed by atoms with Crippen molar-refractivity contribution >= 4 is 18.4 Å². The molecule has 0 aromatic heterocycles. The number of carboxylic acid groups (broad SMARTS) is 1. The molecule has 1 aromatic rings. The first kappa shape index (κ1) is 15.7. The second-order valence-corrected chi connectivity index (χ2v) is 4.33. The number of ether oxygens (including phenoxy) is 1. The summed E-state index contributed by atoms with van der Waals surface area (Å²) in [6.45, 7) is 1.79.